The average molecular weight is 356 g/mol. The Bertz CT molecular complexity index is 919. The highest BCUT2D eigenvalue weighted by Gasteiger charge is 2.16. The number of amides is 1. The summed E-state index contributed by atoms with van der Waals surface area (Å²) in [5.41, 5.74) is 1.11. The second kappa shape index (κ2) is 7.00. The summed E-state index contributed by atoms with van der Waals surface area (Å²) < 4.78 is 1.81. The summed E-state index contributed by atoms with van der Waals surface area (Å²) >= 11 is 1.54. The Morgan fingerprint density at radius 3 is 2.92 bits per heavy atom. The van der Waals surface area contributed by atoms with Crippen LogP contribution in [0.4, 0.5) is 0 Å². The van der Waals surface area contributed by atoms with E-state index in [1.165, 1.54) is 6.42 Å². The molecule has 1 amide bonds. The van der Waals surface area contributed by atoms with Crippen molar-refractivity contribution in [1.29, 1.82) is 0 Å². The van der Waals surface area contributed by atoms with Crippen LogP contribution in [-0.4, -0.2) is 32.9 Å². The Morgan fingerprint density at radius 2 is 2.08 bits per heavy atom. The fraction of sp³-hybridized carbons (Fsp3) is 0.444. The first kappa shape index (κ1) is 16.3. The largest absolute Gasteiger partial charge is 0.301 e. The zero-order valence-corrected chi connectivity index (χ0v) is 14.8. The third-order valence-corrected chi connectivity index (χ3v) is 5.53. The first-order chi connectivity index (χ1) is 12.2. The second-order valence-electron chi connectivity index (χ2n) is 6.37. The van der Waals surface area contributed by atoms with Crippen molar-refractivity contribution in [2.24, 2.45) is 4.99 Å². The maximum atomic E-state index is 12.8. The molecule has 7 heteroatoms. The number of benzene rings is 1. The van der Waals surface area contributed by atoms with E-state index in [0.29, 0.717) is 21.6 Å². The van der Waals surface area contributed by atoms with E-state index in [0.717, 1.165) is 50.4 Å². The number of nitrogens with zero attached hydrogens (tertiary/aromatic N) is 3. The number of hydrogen-bond donors (Lipinski definition) is 1. The number of carbonyl (C=O) groups is 1. The molecule has 1 aromatic carbocycles. The third kappa shape index (κ3) is 3.33. The molecular formula is C18H20N4O2S. The molecule has 1 N–H and O–H groups in total. The number of hydrogen-bond acceptors (Lipinski definition) is 5. The van der Waals surface area contributed by atoms with Gasteiger partial charge in [0.15, 0.2) is 5.17 Å². The number of aryl methyl sites for hydroxylation is 1. The van der Waals surface area contributed by atoms with Gasteiger partial charge < -0.3 is 5.32 Å². The normalized spacial score (nSPS) is 17.5. The molecule has 0 fully saturated rings. The van der Waals surface area contributed by atoms with Gasteiger partial charge >= 0.3 is 0 Å². The van der Waals surface area contributed by atoms with E-state index in [9.17, 15) is 9.59 Å². The van der Waals surface area contributed by atoms with Crippen LogP contribution in [0.25, 0.3) is 10.9 Å². The molecule has 25 heavy (non-hydrogen) atoms. The van der Waals surface area contributed by atoms with Crippen LogP contribution >= 0.6 is 11.8 Å². The molecule has 1 aromatic heterocycles. The van der Waals surface area contributed by atoms with E-state index in [1.54, 1.807) is 30.0 Å². The molecule has 2 aromatic rings. The predicted octanol–water partition coefficient (Wildman–Crippen LogP) is 2.35. The summed E-state index contributed by atoms with van der Waals surface area (Å²) in [6, 6.07) is 5.12. The number of thioether (sulfide) groups is 1. The summed E-state index contributed by atoms with van der Waals surface area (Å²) in [6.07, 6.45) is 5.21. The van der Waals surface area contributed by atoms with Gasteiger partial charge in [-0.05, 0) is 31.0 Å². The van der Waals surface area contributed by atoms with Gasteiger partial charge in [-0.1, -0.05) is 24.6 Å². The minimum atomic E-state index is -0.205. The van der Waals surface area contributed by atoms with E-state index in [-0.39, 0.29) is 11.5 Å². The number of aliphatic imine (C=N–C) groups is 1. The maximum Gasteiger partial charge on any atom is 0.261 e. The maximum absolute atomic E-state index is 12.8. The van der Waals surface area contributed by atoms with Crippen LogP contribution in [0.1, 0.15) is 41.9 Å². The quantitative estimate of drug-likeness (QED) is 0.851. The first-order valence-electron chi connectivity index (χ1n) is 8.74. The average Bonchev–Trinajstić information content (AvgIpc) is 3.09. The number of rotatable bonds is 1. The fourth-order valence-electron chi connectivity index (χ4n) is 3.32. The van der Waals surface area contributed by atoms with Gasteiger partial charge in [0.25, 0.3) is 11.5 Å². The molecule has 0 bridgehead atoms. The Kier molecular flexibility index (Phi) is 4.57. The fourth-order valence-corrected chi connectivity index (χ4v) is 4.04. The lowest BCUT2D eigenvalue weighted by atomic mass is 10.1. The topological polar surface area (TPSA) is 76.3 Å². The lowest BCUT2D eigenvalue weighted by Gasteiger charge is -2.16. The van der Waals surface area contributed by atoms with Gasteiger partial charge in [-0.2, -0.15) is 0 Å². The van der Waals surface area contributed by atoms with Gasteiger partial charge in [0, 0.05) is 24.3 Å². The van der Waals surface area contributed by atoms with Crippen molar-refractivity contribution in [1.82, 2.24) is 14.9 Å². The molecule has 0 unspecified atom stereocenters. The van der Waals surface area contributed by atoms with Gasteiger partial charge in [-0.3, -0.25) is 19.1 Å². The first-order valence-corrected chi connectivity index (χ1v) is 9.73. The van der Waals surface area contributed by atoms with Gasteiger partial charge in [0.1, 0.15) is 5.82 Å². The molecule has 0 saturated carbocycles. The van der Waals surface area contributed by atoms with Crippen LogP contribution in [0.2, 0.25) is 0 Å². The molecule has 6 nitrogen and oxygen atoms in total. The smallest absolute Gasteiger partial charge is 0.261 e. The van der Waals surface area contributed by atoms with Crippen molar-refractivity contribution in [3.63, 3.8) is 0 Å². The molecule has 0 spiro atoms. The summed E-state index contributed by atoms with van der Waals surface area (Å²) in [5.74, 6) is 1.53. The summed E-state index contributed by atoms with van der Waals surface area (Å²) in [5, 5.41) is 4.06. The van der Waals surface area contributed by atoms with Crippen molar-refractivity contribution in [2.75, 3.05) is 12.3 Å². The van der Waals surface area contributed by atoms with Crippen LogP contribution in [0, 0.1) is 0 Å². The molecule has 0 saturated heterocycles. The van der Waals surface area contributed by atoms with Crippen molar-refractivity contribution in [2.45, 2.75) is 38.6 Å². The molecule has 4 rings (SSSR count). The van der Waals surface area contributed by atoms with Gasteiger partial charge in [-0.25, -0.2) is 4.98 Å². The highest BCUT2D eigenvalue weighted by atomic mass is 32.2. The Hall–Kier alpha value is -2.15. The lowest BCUT2D eigenvalue weighted by molar-refractivity contribution is 0.0978. The van der Waals surface area contributed by atoms with Gasteiger partial charge in [-0.15, -0.1) is 0 Å². The number of fused-ring (bicyclic) bond motifs is 2. The second-order valence-corrected chi connectivity index (χ2v) is 7.45. The van der Waals surface area contributed by atoms with Crippen molar-refractivity contribution in [3.8, 4) is 0 Å². The molecular weight excluding hydrogens is 336 g/mol. The Labute approximate surface area is 149 Å². The molecule has 130 valence electrons. The zero-order chi connectivity index (χ0) is 17.2. The number of aromatic nitrogens is 2. The van der Waals surface area contributed by atoms with E-state index in [1.807, 2.05) is 4.57 Å². The molecule has 2 aliphatic rings. The van der Waals surface area contributed by atoms with E-state index < -0.39 is 0 Å². The van der Waals surface area contributed by atoms with Crippen molar-refractivity contribution >= 4 is 33.7 Å². The molecule has 0 atom stereocenters. The SMILES string of the molecule is O=C(NC1=NCCS1)c1ccc2c(=O)n3c(nc2c1)CCCCCC3. The lowest BCUT2D eigenvalue weighted by Crippen LogP contribution is -2.28. The Balaban J connectivity index is 1.71. The predicted molar refractivity (Wildman–Crippen MR) is 100 cm³/mol. The summed E-state index contributed by atoms with van der Waals surface area (Å²) in [6.45, 7) is 1.47. The number of nitrogens with one attached hydrogen (secondary N) is 1. The van der Waals surface area contributed by atoms with Crippen LogP contribution in [0.15, 0.2) is 28.0 Å². The highest BCUT2D eigenvalue weighted by Crippen LogP contribution is 2.17. The molecule has 0 aliphatic carbocycles. The Morgan fingerprint density at radius 1 is 1.20 bits per heavy atom. The van der Waals surface area contributed by atoms with Crippen LogP contribution in [-0.2, 0) is 13.0 Å². The molecule has 3 heterocycles. The van der Waals surface area contributed by atoms with Crippen molar-refractivity contribution < 1.29 is 4.79 Å². The van der Waals surface area contributed by atoms with E-state index >= 15 is 0 Å². The minimum Gasteiger partial charge on any atom is -0.301 e. The van der Waals surface area contributed by atoms with E-state index in [4.69, 9.17) is 4.98 Å². The van der Waals surface area contributed by atoms with Gasteiger partial charge in [0.05, 0.1) is 17.4 Å². The standard InChI is InChI=1S/C18H20N4O2S/c23-16(21-18-19-8-10-25-18)12-6-7-13-14(11-12)20-15-5-3-1-2-4-9-22(15)17(13)24/h6-7,11H,1-5,8-10H2,(H,19,21,23). The zero-order valence-electron chi connectivity index (χ0n) is 14.0. The van der Waals surface area contributed by atoms with Crippen LogP contribution < -0.4 is 10.9 Å². The minimum absolute atomic E-state index is 0.00424. The summed E-state index contributed by atoms with van der Waals surface area (Å²) in [7, 11) is 0. The molecule has 2 aliphatic heterocycles. The van der Waals surface area contributed by atoms with Crippen LogP contribution in [0.3, 0.4) is 0 Å². The third-order valence-electron chi connectivity index (χ3n) is 4.63. The molecule has 0 radical (unpaired) electrons. The van der Waals surface area contributed by atoms with E-state index in [2.05, 4.69) is 10.3 Å². The van der Waals surface area contributed by atoms with Gasteiger partial charge in [0.2, 0.25) is 0 Å². The highest BCUT2D eigenvalue weighted by molar-refractivity contribution is 8.14. The number of carbonyl (C=O) groups excluding carboxylic acids is 1. The summed E-state index contributed by atoms with van der Waals surface area (Å²) in [4.78, 5) is 34.1. The number of amidine groups is 1. The monoisotopic (exact) mass is 356 g/mol. The van der Waals surface area contributed by atoms with Crippen LogP contribution in [0.5, 0.6) is 0 Å². The van der Waals surface area contributed by atoms with Crippen molar-refractivity contribution in [3.05, 3.63) is 39.9 Å².